The van der Waals surface area contributed by atoms with Crippen LogP contribution in [0.2, 0.25) is 0 Å². The second kappa shape index (κ2) is 5.84. The summed E-state index contributed by atoms with van der Waals surface area (Å²) in [5.41, 5.74) is 4.47. The van der Waals surface area contributed by atoms with Crippen molar-refractivity contribution < 1.29 is 9.53 Å². The number of hydrogen-bond donors (Lipinski definition) is 0. The van der Waals surface area contributed by atoms with Gasteiger partial charge in [0.25, 0.3) is 0 Å². The van der Waals surface area contributed by atoms with Crippen LogP contribution in [0.5, 0.6) is 0 Å². The number of aliphatic imine (C=N–C) groups is 1. The van der Waals surface area contributed by atoms with Crippen molar-refractivity contribution in [1.82, 2.24) is 4.90 Å². The van der Waals surface area contributed by atoms with Crippen LogP contribution in [-0.2, 0) is 4.74 Å². The largest absolute Gasteiger partial charge is 0.444 e. The van der Waals surface area contributed by atoms with Crippen LogP contribution in [0.25, 0.3) is 0 Å². The normalized spacial score (nSPS) is 20.3. The number of ether oxygens (including phenoxy) is 1. The number of carbonyl (C=O) groups excluding carboxylic acids is 1. The molecule has 2 heterocycles. The molecule has 122 valence electrons. The van der Waals surface area contributed by atoms with Gasteiger partial charge in [0.1, 0.15) is 5.60 Å². The molecule has 23 heavy (non-hydrogen) atoms. The molecule has 1 aromatic rings. The first kappa shape index (κ1) is 15.8. The Hall–Kier alpha value is -2.10. The van der Waals surface area contributed by atoms with Gasteiger partial charge in [-0.3, -0.25) is 4.99 Å². The molecular weight excluding hydrogens is 288 g/mol. The first-order chi connectivity index (χ1) is 10.8. The maximum Gasteiger partial charge on any atom is 0.410 e. The predicted octanol–water partition coefficient (Wildman–Crippen LogP) is 4.36. The molecule has 0 spiro atoms. The highest BCUT2D eigenvalue weighted by Crippen LogP contribution is 2.38. The summed E-state index contributed by atoms with van der Waals surface area (Å²) in [4.78, 5) is 18.4. The van der Waals surface area contributed by atoms with Crippen molar-refractivity contribution in [3.8, 4) is 0 Å². The quantitative estimate of drug-likeness (QED) is 0.723. The van der Waals surface area contributed by atoms with E-state index in [0.29, 0.717) is 13.1 Å². The summed E-state index contributed by atoms with van der Waals surface area (Å²) in [7, 11) is 0. The lowest BCUT2D eigenvalue weighted by atomic mass is 9.89. The van der Waals surface area contributed by atoms with Crippen LogP contribution in [0, 0.1) is 6.92 Å². The van der Waals surface area contributed by atoms with E-state index < -0.39 is 5.60 Å². The Morgan fingerprint density at radius 2 is 2.13 bits per heavy atom. The van der Waals surface area contributed by atoms with Crippen molar-refractivity contribution in [3.63, 3.8) is 0 Å². The minimum atomic E-state index is -0.448. The molecule has 3 rings (SSSR count). The van der Waals surface area contributed by atoms with Crippen LogP contribution in [0.4, 0.5) is 10.5 Å². The van der Waals surface area contributed by atoms with Gasteiger partial charge in [0.15, 0.2) is 0 Å². The van der Waals surface area contributed by atoms with Crippen molar-refractivity contribution in [2.24, 2.45) is 4.99 Å². The van der Waals surface area contributed by atoms with Crippen molar-refractivity contribution in [2.75, 3.05) is 13.1 Å². The van der Waals surface area contributed by atoms with Gasteiger partial charge in [0.2, 0.25) is 0 Å². The van der Waals surface area contributed by atoms with E-state index in [9.17, 15) is 4.79 Å². The minimum absolute atomic E-state index is 0.232. The lowest BCUT2D eigenvalue weighted by molar-refractivity contribution is 0.0265. The zero-order chi connectivity index (χ0) is 16.6. The molecule has 0 fully saturated rings. The third-order valence-electron chi connectivity index (χ3n) is 4.18. The molecule has 0 N–H and O–H groups in total. The number of rotatable bonds is 1. The van der Waals surface area contributed by atoms with Crippen LogP contribution in [0.3, 0.4) is 0 Å². The average Bonchev–Trinajstić information content (AvgIpc) is 2.88. The fraction of sp³-hybridized carbons (Fsp3) is 0.474. The molecule has 0 aliphatic carbocycles. The summed E-state index contributed by atoms with van der Waals surface area (Å²) in [5.74, 6) is 0.256. The predicted molar refractivity (Wildman–Crippen MR) is 92.6 cm³/mol. The molecule has 2 aliphatic heterocycles. The highest BCUT2D eigenvalue weighted by molar-refractivity contribution is 5.84. The Kier molecular flexibility index (Phi) is 4.00. The third kappa shape index (κ3) is 3.46. The maximum absolute atomic E-state index is 12.1. The number of amides is 1. The minimum Gasteiger partial charge on any atom is -0.444 e. The van der Waals surface area contributed by atoms with E-state index in [1.54, 1.807) is 4.90 Å². The number of hydrogen-bond acceptors (Lipinski definition) is 3. The topological polar surface area (TPSA) is 41.9 Å². The molecule has 1 amide bonds. The summed E-state index contributed by atoms with van der Waals surface area (Å²) < 4.78 is 5.44. The smallest absolute Gasteiger partial charge is 0.410 e. The SMILES string of the molecule is Cc1ccc2c(c1)N=C[C@@H]2C1=CCN(C(=O)OC(C)(C)C)CC1. The summed E-state index contributed by atoms with van der Waals surface area (Å²) >= 11 is 0. The molecule has 0 radical (unpaired) electrons. The Bertz CT molecular complexity index is 683. The third-order valence-corrected chi connectivity index (χ3v) is 4.18. The molecule has 2 aliphatic rings. The molecule has 4 nitrogen and oxygen atoms in total. The molecule has 0 bridgehead atoms. The molecule has 1 atom stereocenters. The van der Waals surface area contributed by atoms with Gasteiger partial charge in [-0.2, -0.15) is 0 Å². The summed E-state index contributed by atoms with van der Waals surface area (Å²) in [6.45, 7) is 9.07. The standard InChI is InChI=1S/C19H24N2O2/c1-13-5-6-15-16(12-20-17(15)11-13)14-7-9-21(10-8-14)18(22)23-19(2,3)4/h5-7,11-12,16H,8-10H2,1-4H3/t16-/m1/s1. The van der Waals surface area contributed by atoms with Gasteiger partial charge in [-0.1, -0.05) is 23.8 Å². The van der Waals surface area contributed by atoms with Gasteiger partial charge < -0.3 is 9.64 Å². The first-order valence-corrected chi connectivity index (χ1v) is 8.15. The zero-order valence-corrected chi connectivity index (χ0v) is 14.3. The van der Waals surface area contributed by atoms with E-state index in [-0.39, 0.29) is 12.0 Å². The van der Waals surface area contributed by atoms with E-state index in [0.717, 1.165) is 12.1 Å². The van der Waals surface area contributed by atoms with E-state index in [1.807, 2.05) is 27.0 Å². The van der Waals surface area contributed by atoms with E-state index in [4.69, 9.17) is 4.74 Å². The van der Waals surface area contributed by atoms with E-state index >= 15 is 0 Å². The van der Waals surface area contributed by atoms with Gasteiger partial charge >= 0.3 is 6.09 Å². The second-order valence-electron chi connectivity index (χ2n) is 7.27. The van der Waals surface area contributed by atoms with Gasteiger partial charge in [0.05, 0.1) is 5.69 Å². The van der Waals surface area contributed by atoms with Crippen LogP contribution in [0.15, 0.2) is 34.8 Å². The summed E-state index contributed by atoms with van der Waals surface area (Å²) in [6.07, 6.45) is 4.81. The van der Waals surface area contributed by atoms with Crippen molar-refractivity contribution in [1.29, 1.82) is 0 Å². The Morgan fingerprint density at radius 1 is 1.35 bits per heavy atom. The van der Waals surface area contributed by atoms with Crippen LogP contribution < -0.4 is 0 Å². The number of fused-ring (bicyclic) bond motifs is 1. The van der Waals surface area contributed by atoms with Crippen molar-refractivity contribution in [3.05, 3.63) is 41.0 Å². The second-order valence-corrected chi connectivity index (χ2v) is 7.27. The Labute approximate surface area is 137 Å². The fourth-order valence-corrected chi connectivity index (χ4v) is 3.02. The molecular formula is C19H24N2O2. The number of carbonyl (C=O) groups is 1. The number of nitrogens with zero attached hydrogens (tertiary/aromatic N) is 2. The van der Waals surface area contributed by atoms with Crippen LogP contribution >= 0.6 is 0 Å². The highest BCUT2D eigenvalue weighted by Gasteiger charge is 2.28. The monoisotopic (exact) mass is 312 g/mol. The zero-order valence-electron chi connectivity index (χ0n) is 14.3. The summed E-state index contributed by atoms with van der Waals surface area (Å²) in [5, 5.41) is 0. The highest BCUT2D eigenvalue weighted by atomic mass is 16.6. The van der Waals surface area contributed by atoms with E-state index in [1.165, 1.54) is 16.7 Å². The molecule has 0 saturated heterocycles. The van der Waals surface area contributed by atoms with Gasteiger partial charge in [0, 0.05) is 25.2 Å². The number of aryl methyl sites for hydroxylation is 1. The molecule has 0 unspecified atom stereocenters. The Balaban J connectivity index is 1.69. The van der Waals surface area contributed by atoms with Crippen molar-refractivity contribution >= 4 is 18.0 Å². The first-order valence-electron chi connectivity index (χ1n) is 8.15. The van der Waals surface area contributed by atoms with Crippen molar-refractivity contribution in [2.45, 2.75) is 45.6 Å². The lowest BCUT2D eigenvalue weighted by Crippen LogP contribution is -2.39. The fourth-order valence-electron chi connectivity index (χ4n) is 3.02. The van der Waals surface area contributed by atoms with Gasteiger partial charge in [-0.05, 0) is 51.3 Å². The van der Waals surface area contributed by atoms with Gasteiger partial charge in [-0.25, -0.2) is 4.79 Å². The molecule has 1 aromatic carbocycles. The lowest BCUT2D eigenvalue weighted by Gasteiger charge is -2.30. The van der Waals surface area contributed by atoms with Gasteiger partial charge in [-0.15, -0.1) is 0 Å². The van der Waals surface area contributed by atoms with E-state index in [2.05, 4.69) is 36.2 Å². The average molecular weight is 312 g/mol. The molecule has 0 aromatic heterocycles. The summed E-state index contributed by atoms with van der Waals surface area (Å²) in [6, 6.07) is 6.43. The van der Waals surface area contributed by atoms with Crippen LogP contribution in [0.1, 0.15) is 44.2 Å². The Morgan fingerprint density at radius 3 is 2.78 bits per heavy atom. The molecule has 0 saturated carbocycles. The van der Waals surface area contributed by atoms with Crippen LogP contribution in [-0.4, -0.2) is 35.9 Å². The number of benzene rings is 1. The molecule has 4 heteroatoms. The maximum atomic E-state index is 12.1.